The van der Waals surface area contributed by atoms with Crippen molar-refractivity contribution in [3.05, 3.63) is 0 Å². The number of ether oxygens (including phenoxy) is 4. The molecule has 1 saturated heterocycles. The lowest BCUT2D eigenvalue weighted by atomic mass is 9.60. The van der Waals surface area contributed by atoms with Crippen molar-refractivity contribution in [1.29, 1.82) is 0 Å². The number of aliphatic hydroxyl groups excluding tert-OH is 2. The van der Waals surface area contributed by atoms with Crippen molar-refractivity contribution in [1.82, 2.24) is 0 Å². The molecule has 25 heavy (non-hydrogen) atoms. The lowest BCUT2D eigenvalue weighted by molar-refractivity contribution is -0.402. The summed E-state index contributed by atoms with van der Waals surface area (Å²) in [7, 11) is -1.28. The van der Waals surface area contributed by atoms with Gasteiger partial charge in [0.1, 0.15) is 23.9 Å². The minimum Gasteiger partial charge on any atom is -0.390 e. The molecule has 2 rings (SSSR count). The number of hydrogen-bond donors (Lipinski definition) is 3. The molecule has 1 saturated carbocycles. The summed E-state index contributed by atoms with van der Waals surface area (Å²) in [6, 6.07) is 0.934. The van der Waals surface area contributed by atoms with Gasteiger partial charge in [-0.2, -0.15) is 0 Å². The molecule has 7 nitrogen and oxygen atoms in total. The third-order valence-electron chi connectivity index (χ3n) is 5.20. The average molecular weight is 379 g/mol. The molecular weight excluding hydrogens is 344 g/mol. The van der Waals surface area contributed by atoms with Crippen LogP contribution in [0.25, 0.3) is 0 Å². The zero-order chi connectivity index (χ0) is 18.8. The van der Waals surface area contributed by atoms with Crippen LogP contribution in [0.1, 0.15) is 13.8 Å². The van der Waals surface area contributed by atoms with Gasteiger partial charge in [-0.15, -0.1) is 0 Å². The summed E-state index contributed by atoms with van der Waals surface area (Å²) in [6.45, 7) is 12.0. The minimum absolute atomic E-state index is 0.245. The Labute approximate surface area is 151 Å². The molecule has 0 radical (unpaired) electrons. The first-order valence-corrected chi connectivity index (χ1v) is 12.9. The Morgan fingerprint density at radius 2 is 1.72 bits per heavy atom. The van der Waals surface area contributed by atoms with Gasteiger partial charge in [-0.05, 0) is 13.0 Å². The summed E-state index contributed by atoms with van der Waals surface area (Å²) in [5, 5.41) is 31.8. The lowest BCUT2D eigenvalue weighted by Crippen LogP contribution is -2.81. The van der Waals surface area contributed by atoms with E-state index < -0.39 is 50.3 Å². The second-order valence-electron chi connectivity index (χ2n) is 8.25. The smallest absolute Gasteiger partial charge is 0.186 e. The zero-order valence-electron chi connectivity index (χ0n) is 16.0. The van der Waals surface area contributed by atoms with Crippen LogP contribution in [0, 0.1) is 5.92 Å². The van der Waals surface area contributed by atoms with Gasteiger partial charge in [0, 0.05) is 27.2 Å². The summed E-state index contributed by atoms with van der Waals surface area (Å²) >= 11 is 0. The molecule has 3 N–H and O–H groups in total. The first kappa shape index (κ1) is 21.2. The van der Waals surface area contributed by atoms with Gasteiger partial charge in [-0.25, -0.2) is 0 Å². The van der Waals surface area contributed by atoms with Crippen LogP contribution in [0.4, 0.5) is 0 Å². The topological polar surface area (TPSA) is 97.6 Å². The molecule has 3 unspecified atom stereocenters. The van der Waals surface area contributed by atoms with Crippen molar-refractivity contribution in [3.8, 4) is 0 Å². The molecule has 7 atom stereocenters. The Balaban J connectivity index is 2.02. The SMILES string of the molecule is CCOCCO[C@@H]1[C@@H](O)C(OCC[Si](C)(C)C)O[C@@H]2C(O)C(C)[C@@]21O. The van der Waals surface area contributed by atoms with Gasteiger partial charge in [-0.3, -0.25) is 0 Å². The van der Waals surface area contributed by atoms with Gasteiger partial charge >= 0.3 is 0 Å². The fourth-order valence-electron chi connectivity index (χ4n) is 3.43. The molecule has 1 heterocycles. The fourth-order valence-corrected chi connectivity index (χ4v) is 4.16. The van der Waals surface area contributed by atoms with Crippen molar-refractivity contribution in [2.75, 3.05) is 26.4 Å². The van der Waals surface area contributed by atoms with Crippen LogP contribution in [0.2, 0.25) is 25.7 Å². The highest BCUT2D eigenvalue weighted by molar-refractivity contribution is 6.76. The quantitative estimate of drug-likeness (QED) is 0.399. The number of aliphatic hydroxyl groups is 3. The first-order chi connectivity index (χ1) is 11.6. The summed E-state index contributed by atoms with van der Waals surface area (Å²) in [5.74, 6) is -0.452. The van der Waals surface area contributed by atoms with E-state index in [4.69, 9.17) is 18.9 Å². The van der Waals surface area contributed by atoms with Gasteiger partial charge in [0.05, 0.1) is 19.3 Å². The van der Waals surface area contributed by atoms with Crippen molar-refractivity contribution >= 4 is 8.07 Å². The summed E-state index contributed by atoms with van der Waals surface area (Å²) in [5.41, 5.74) is -1.43. The van der Waals surface area contributed by atoms with E-state index in [9.17, 15) is 15.3 Å². The van der Waals surface area contributed by atoms with Crippen LogP contribution >= 0.6 is 0 Å². The van der Waals surface area contributed by atoms with Gasteiger partial charge in [0.2, 0.25) is 0 Å². The zero-order valence-corrected chi connectivity index (χ0v) is 17.0. The average Bonchev–Trinajstić information content (AvgIpc) is 2.54. The molecule has 2 fully saturated rings. The molecule has 8 heteroatoms. The van der Waals surface area contributed by atoms with E-state index in [1.807, 2.05) is 6.92 Å². The molecule has 1 aliphatic carbocycles. The van der Waals surface area contributed by atoms with Crippen LogP contribution in [-0.4, -0.2) is 86.1 Å². The predicted octanol–water partition coefficient (Wildman–Crippen LogP) is 0.590. The maximum atomic E-state index is 11.0. The van der Waals surface area contributed by atoms with Crippen molar-refractivity contribution in [2.24, 2.45) is 5.92 Å². The number of fused-ring (bicyclic) bond motifs is 1. The molecule has 0 aromatic carbocycles. The van der Waals surface area contributed by atoms with Crippen molar-refractivity contribution < 1.29 is 34.3 Å². The molecule has 0 aromatic heterocycles. The molecule has 0 aromatic rings. The van der Waals surface area contributed by atoms with Gasteiger partial charge in [0.15, 0.2) is 6.29 Å². The summed E-state index contributed by atoms with van der Waals surface area (Å²) in [6.07, 6.45) is -4.55. The Kier molecular flexibility index (Phi) is 7.06. The maximum Gasteiger partial charge on any atom is 0.186 e. The normalized spacial score (nSPS) is 41.3. The Morgan fingerprint density at radius 3 is 2.32 bits per heavy atom. The van der Waals surface area contributed by atoms with Crippen LogP contribution < -0.4 is 0 Å². The van der Waals surface area contributed by atoms with Crippen LogP contribution in [0.5, 0.6) is 0 Å². The Bertz CT molecular complexity index is 430. The third kappa shape index (κ3) is 4.44. The van der Waals surface area contributed by atoms with Gasteiger partial charge in [0.25, 0.3) is 0 Å². The van der Waals surface area contributed by atoms with E-state index in [1.165, 1.54) is 0 Å². The molecule has 2 aliphatic rings. The number of rotatable bonds is 9. The standard InChI is InChI=1S/C17H34O7Si/c1-6-21-7-8-22-14-13(19)16(23-9-10-25(3,4)5)24-15-12(18)11(2)17(14,15)20/h11-16,18-20H,6-10H2,1-5H3/t11?,12?,13-,14-,15-,16?,17+/m1/s1. The third-order valence-corrected chi connectivity index (χ3v) is 6.90. The fraction of sp³-hybridized carbons (Fsp3) is 1.00. The lowest BCUT2D eigenvalue weighted by Gasteiger charge is -2.61. The van der Waals surface area contributed by atoms with E-state index >= 15 is 0 Å². The van der Waals surface area contributed by atoms with Crippen molar-refractivity contribution in [2.45, 2.75) is 75.8 Å². The van der Waals surface area contributed by atoms with Crippen LogP contribution in [-0.2, 0) is 18.9 Å². The Morgan fingerprint density at radius 1 is 1.04 bits per heavy atom. The van der Waals surface area contributed by atoms with Gasteiger partial charge in [-0.1, -0.05) is 26.6 Å². The molecular formula is C17H34O7Si. The van der Waals surface area contributed by atoms with E-state index in [0.717, 1.165) is 6.04 Å². The van der Waals surface area contributed by atoms with Gasteiger partial charge < -0.3 is 34.3 Å². The molecule has 0 spiro atoms. The highest BCUT2D eigenvalue weighted by atomic mass is 28.3. The highest BCUT2D eigenvalue weighted by Gasteiger charge is 2.70. The molecule has 0 bridgehead atoms. The minimum atomic E-state index is -1.43. The number of hydrogen-bond acceptors (Lipinski definition) is 7. The second-order valence-corrected chi connectivity index (χ2v) is 13.9. The highest BCUT2D eigenvalue weighted by Crippen LogP contribution is 2.49. The van der Waals surface area contributed by atoms with E-state index in [1.54, 1.807) is 6.92 Å². The maximum absolute atomic E-state index is 11.0. The first-order valence-electron chi connectivity index (χ1n) is 9.17. The van der Waals surface area contributed by atoms with Crippen LogP contribution in [0.15, 0.2) is 0 Å². The molecule has 148 valence electrons. The van der Waals surface area contributed by atoms with E-state index in [2.05, 4.69) is 19.6 Å². The largest absolute Gasteiger partial charge is 0.390 e. The summed E-state index contributed by atoms with van der Waals surface area (Å²) < 4.78 is 22.4. The van der Waals surface area contributed by atoms with Crippen molar-refractivity contribution in [3.63, 3.8) is 0 Å². The van der Waals surface area contributed by atoms with Crippen LogP contribution in [0.3, 0.4) is 0 Å². The summed E-state index contributed by atoms with van der Waals surface area (Å²) in [4.78, 5) is 0. The molecule has 0 amide bonds. The molecule has 1 aliphatic heterocycles. The Hall–Kier alpha value is -0.0631. The van der Waals surface area contributed by atoms with E-state index in [-0.39, 0.29) is 6.61 Å². The monoisotopic (exact) mass is 378 g/mol. The predicted molar refractivity (Wildman–Crippen MR) is 95.1 cm³/mol. The van der Waals surface area contributed by atoms with E-state index in [0.29, 0.717) is 19.8 Å². The second kappa shape index (κ2) is 8.31.